The summed E-state index contributed by atoms with van der Waals surface area (Å²) < 4.78 is 25.0. The fourth-order valence-electron chi connectivity index (χ4n) is 4.62. The summed E-state index contributed by atoms with van der Waals surface area (Å²) in [4.78, 5) is 43.8. The van der Waals surface area contributed by atoms with Crippen LogP contribution in [0.3, 0.4) is 0 Å². The Labute approximate surface area is 224 Å². The molecule has 38 heavy (non-hydrogen) atoms. The molecule has 2 aromatic rings. The van der Waals surface area contributed by atoms with E-state index in [0.29, 0.717) is 36.9 Å². The zero-order chi connectivity index (χ0) is 28.5. The monoisotopic (exact) mass is 573 g/mol. The fourth-order valence-corrected chi connectivity index (χ4v) is 6.36. The third-order valence-electron chi connectivity index (χ3n) is 6.76. The Kier molecular flexibility index (Phi) is 12.4. The molecule has 11 nitrogen and oxygen atoms in total. The highest BCUT2D eigenvalue weighted by Crippen LogP contribution is 2.47. The zero-order valence-electron chi connectivity index (χ0n) is 21.9. The van der Waals surface area contributed by atoms with Crippen LogP contribution in [0.15, 0.2) is 48.5 Å². The number of benzene rings is 2. The van der Waals surface area contributed by atoms with Crippen LogP contribution in [0, 0.1) is 0 Å². The van der Waals surface area contributed by atoms with Crippen LogP contribution in [0.25, 0.3) is 0 Å². The van der Waals surface area contributed by atoms with Gasteiger partial charge in [0.05, 0.1) is 0 Å². The van der Waals surface area contributed by atoms with E-state index in [1.165, 1.54) is 19.1 Å². The van der Waals surface area contributed by atoms with Crippen molar-refractivity contribution in [3.63, 3.8) is 0 Å². The number of aromatic hydroxyl groups is 2. The molecule has 0 aliphatic rings. The lowest BCUT2D eigenvalue weighted by atomic mass is 10.0. The van der Waals surface area contributed by atoms with Crippen molar-refractivity contribution in [3.05, 3.63) is 59.7 Å². The molecule has 0 radical (unpaired) electrons. The van der Waals surface area contributed by atoms with Gasteiger partial charge >= 0.3 is 15.2 Å². The van der Waals surface area contributed by atoms with Crippen LogP contribution in [-0.4, -0.2) is 70.3 Å². The van der Waals surface area contributed by atoms with Crippen LogP contribution >= 0.6 is 15.2 Å². The summed E-state index contributed by atoms with van der Waals surface area (Å²) in [6.45, 7) is 3.54. The highest BCUT2D eigenvalue weighted by molar-refractivity contribution is 7.52. The zero-order valence-corrected chi connectivity index (χ0v) is 23.7. The number of nitrogens with zero attached hydrogens (tertiary/aromatic N) is 2. The number of rotatable bonds is 16. The normalized spacial score (nSPS) is 15.1. The van der Waals surface area contributed by atoms with Crippen LogP contribution in [0.5, 0.6) is 11.5 Å². The molecule has 0 amide bonds. The molecule has 3 unspecified atom stereocenters. The standard InChI is InChI=1S/C25H41N3O8P2/c1-3-25(38(34,35)36)27(16-20-10-4-6-13-23(20)29)18-22(12-8-9-15-26)28(19(2)37(31,32)33)17-21-11-5-7-14-24(21)30/h4-7,10-11,13-14,19,22,25,29-30H,3,8-9,12,15-18,26H2,1-2H3,(H2,31,32,33)(H2,34,35,36). The van der Waals surface area contributed by atoms with Gasteiger partial charge in [-0.3, -0.25) is 18.9 Å². The number of para-hydroxylation sites is 2. The van der Waals surface area contributed by atoms with Gasteiger partial charge in [-0.1, -0.05) is 49.7 Å². The van der Waals surface area contributed by atoms with Gasteiger partial charge in [0.2, 0.25) is 0 Å². The molecule has 0 aliphatic heterocycles. The summed E-state index contributed by atoms with van der Waals surface area (Å²) in [5.41, 5.74) is 6.63. The second kappa shape index (κ2) is 14.6. The second-order valence-corrected chi connectivity index (χ2v) is 13.2. The average molecular weight is 574 g/mol. The van der Waals surface area contributed by atoms with Gasteiger partial charge in [0.15, 0.2) is 0 Å². The quantitative estimate of drug-likeness (QED) is 0.115. The average Bonchev–Trinajstić information content (AvgIpc) is 2.83. The minimum absolute atomic E-state index is 0.00334. The molecule has 8 N–H and O–H groups in total. The summed E-state index contributed by atoms with van der Waals surface area (Å²) in [6, 6.07) is 12.5. The summed E-state index contributed by atoms with van der Waals surface area (Å²) in [5, 5.41) is 20.8. The first-order valence-electron chi connectivity index (χ1n) is 12.6. The van der Waals surface area contributed by atoms with Crippen LogP contribution in [-0.2, 0) is 22.2 Å². The lowest BCUT2D eigenvalue weighted by molar-refractivity contribution is 0.0875. The Morgan fingerprint density at radius 1 is 0.842 bits per heavy atom. The summed E-state index contributed by atoms with van der Waals surface area (Å²) >= 11 is 0. The van der Waals surface area contributed by atoms with Crippen LogP contribution in [0.1, 0.15) is 50.7 Å². The highest BCUT2D eigenvalue weighted by Gasteiger charge is 2.39. The van der Waals surface area contributed by atoms with E-state index in [0.717, 1.165) is 0 Å². The molecule has 0 saturated carbocycles. The van der Waals surface area contributed by atoms with Crippen molar-refractivity contribution < 1.29 is 38.9 Å². The van der Waals surface area contributed by atoms with Gasteiger partial charge < -0.3 is 35.5 Å². The Bertz CT molecular complexity index is 1110. The first-order valence-corrected chi connectivity index (χ1v) is 16.0. The molecule has 0 bridgehead atoms. The molecule has 2 aromatic carbocycles. The van der Waals surface area contributed by atoms with Crippen molar-refractivity contribution in [2.24, 2.45) is 5.73 Å². The third-order valence-corrected chi connectivity index (χ3v) is 9.50. The van der Waals surface area contributed by atoms with Crippen molar-refractivity contribution in [1.82, 2.24) is 9.80 Å². The maximum atomic E-state index is 12.5. The largest absolute Gasteiger partial charge is 0.508 e. The maximum absolute atomic E-state index is 12.5. The number of unbranched alkanes of at least 4 members (excludes halogenated alkanes) is 1. The van der Waals surface area contributed by atoms with E-state index in [1.807, 2.05) is 0 Å². The molecule has 0 heterocycles. The van der Waals surface area contributed by atoms with Crippen LogP contribution < -0.4 is 5.73 Å². The van der Waals surface area contributed by atoms with Gasteiger partial charge in [0, 0.05) is 36.8 Å². The van der Waals surface area contributed by atoms with E-state index in [2.05, 4.69) is 0 Å². The molecule has 0 spiro atoms. The van der Waals surface area contributed by atoms with Crippen molar-refractivity contribution in [2.75, 3.05) is 13.1 Å². The predicted molar refractivity (Wildman–Crippen MR) is 146 cm³/mol. The summed E-state index contributed by atoms with van der Waals surface area (Å²) in [7, 11) is -9.25. The molecule has 0 aliphatic carbocycles. The Hall–Kier alpha value is -1.78. The first-order chi connectivity index (χ1) is 17.8. The van der Waals surface area contributed by atoms with Gasteiger partial charge in [0.1, 0.15) is 23.1 Å². The summed E-state index contributed by atoms with van der Waals surface area (Å²) in [5.74, 6) is -2.47. The van der Waals surface area contributed by atoms with Crippen molar-refractivity contribution >= 4 is 15.2 Å². The van der Waals surface area contributed by atoms with E-state index in [-0.39, 0.29) is 37.6 Å². The van der Waals surface area contributed by atoms with Crippen LogP contribution in [0.2, 0.25) is 0 Å². The van der Waals surface area contributed by atoms with Gasteiger partial charge in [-0.25, -0.2) is 0 Å². The van der Waals surface area contributed by atoms with Gasteiger partial charge in [-0.05, 0) is 44.9 Å². The molecule has 0 fully saturated rings. The van der Waals surface area contributed by atoms with E-state index >= 15 is 0 Å². The van der Waals surface area contributed by atoms with E-state index in [9.17, 15) is 38.9 Å². The molecule has 214 valence electrons. The van der Waals surface area contributed by atoms with E-state index in [1.54, 1.807) is 53.1 Å². The predicted octanol–water partition coefficient (Wildman–Crippen LogP) is 3.34. The second-order valence-electron chi connectivity index (χ2n) is 9.50. The van der Waals surface area contributed by atoms with Gasteiger partial charge in [0.25, 0.3) is 0 Å². The molecule has 3 atom stereocenters. The molecule has 13 heteroatoms. The van der Waals surface area contributed by atoms with Gasteiger partial charge in [-0.15, -0.1) is 0 Å². The Morgan fingerprint density at radius 2 is 1.37 bits per heavy atom. The fraction of sp³-hybridized carbons (Fsp3) is 0.520. The molecule has 0 saturated heterocycles. The molecule has 0 aromatic heterocycles. The van der Waals surface area contributed by atoms with Crippen molar-refractivity contribution in [2.45, 2.75) is 70.2 Å². The molecular formula is C25H41N3O8P2. The minimum atomic E-state index is -4.63. The summed E-state index contributed by atoms with van der Waals surface area (Å²) in [6.07, 6.45) is 1.81. The third kappa shape index (κ3) is 9.45. The van der Waals surface area contributed by atoms with Crippen LogP contribution in [0.4, 0.5) is 0 Å². The topological polar surface area (TPSA) is 188 Å². The number of nitrogens with two attached hydrogens (primary N) is 1. The maximum Gasteiger partial charge on any atom is 0.342 e. The Balaban J connectivity index is 2.57. The number of phenolic OH excluding ortho intramolecular Hbond substituents is 2. The minimum Gasteiger partial charge on any atom is -0.508 e. The van der Waals surface area contributed by atoms with Crippen molar-refractivity contribution in [3.8, 4) is 11.5 Å². The van der Waals surface area contributed by atoms with Crippen molar-refractivity contribution in [1.29, 1.82) is 0 Å². The molecular weight excluding hydrogens is 532 g/mol. The molecule has 2 rings (SSSR count). The SMILES string of the molecule is CCC(N(Cc1ccccc1O)CC(CCCCN)N(Cc1ccccc1O)C(C)P(=O)(O)O)P(=O)(O)O. The lowest BCUT2D eigenvalue weighted by Gasteiger charge is -2.41. The number of hydrogen-bond donors (Lipinski definition) is 7. The van der Waals surface area contributed by atoms with E-state index < -0.39 is 32.8 Å². The first kappa shape index (κ1) is 32.4. The lowest BCUT2D eigenvalue weighted by Crippen LogP contribution is -2.49. The number of phenols is 2. The number of hydrogen-bond acceptors (Lipinski definition) is 7. The van der Waals surface area contributed by atoms with E-state index in [4.69, 9.17) is 5.73 Å². The van der Waals surface area contributed by atoms with Gasteiger partial charge in [-0.2, -0.15) is 0 Å². The Morgan fingerprint density at radius 3 is 1.82 bits per heavy atom. The highest BCUT2D eigenvalue weighted by atomic mass is 31.2. The smallest absolute Gasteiger partial charge is 0.342 e.